The lowest BCUT2D eigenvalue weighted by Gasteiger charge is -2.06. The molecule has 0 aliphatic carbocycles. The normalized spacial score (nSPS) is 10.4. The summed E-state index contributed by atoms with van der Waals surface area (Å²) in [6.07, 6.45) is 3.46. The van der Waals surface area contributed by atoms with E-state index in [0.717, 1.165) is 22.2 Å². The van der Waals surface area contributed by atoms with Gasteiger partial charge >= 0.3 is 0 Å². The molecule has 0 saturated carbocycles. The van der Waals surface area contributed by atoms with E-state index in [1.165, 1.54) is 0 Å². The maximum absolute atomic E-state index is 9.26. The van der Waals surface area contributed by atoms with Crippen molar-refractivity contribution in [2.24, 2.45) is 7.05 Å². The van der Waals surface area contributed by atoms with Gasteiger partial charge in [-0.25, -0.2) is 0 Å². The fourth-order valence-corrected chi connectivity index (χ4v) is 2.06. The molecular formula is C14H10N4. The standard InChI is InChI=1S/C14H10N4/c1-18-14(4-6-17-18)12-7-10-3-2-5-16-13(10)8-11(12)9-15/h2-8H,1H3. The van der Waals surface area contributed by atoms with Crippen LogP contribution < -0.4 is 0 Å². The average Bonchev–Trinajstić information content (AvgIpc) is 2.83. The third-order valence-corrected chi connectivity index (χ3v) is 2.96. The summed E-state index contributed by atoms with van der Waals surface area (Å²) >= 11 is 0. The highest BCUT2D eigenvalue weighted by molar-refractivity contribution is 5.87. The number of rotatable bonds is 1. The Bertz CT molecular complexity index is 765. The average molecular weight is 234 g/mol. The van der Waals surface area contributed by atoms with Gasteiger partial charge in [0.05, 0.1) is 22.8 Å². The van der Waals surface area contributed by atoms with Crippen molar-refractivity contribution in [3.8, 4) is 17.3 Å². The molecule has 0 spiro atoms. The van der Waals surface area contributed by atoms with Crippen molar-refractivity contribution in [2.45, 2.75) is 0 Å². The van der Waals surface area contributed by atoms with Crippen LogP contribution in [0.2, 0.25) is 0 Å². The maximum Gasteiger partial charge on any atom is 0.0999 e. The summed E-state index contributed by atoms with van der Waals surface area (Å²) in [5.41, 5.74) is 3.26. The van der Waals surface area contributed by atoms with Gasteiger partial charge in [0, 0.05) is 30.4 Å². The molecule has 0 unspecified atom stereocenters. The van der Waals surface area contributed by atoms with Gasteiger partial charge in [-0.1, -0.05) is 6.07 Å². The minimum atomic E-state index is 0.616. The number of aryl methyl sites for hydroxylation is 1. The van der Waals surface area contributed by atoms with E-state index in [2.05, 4.69) is 16.2 Å². The molecule has 0 atom stereocenters. The minimum Gasteiger partial charge on any atom is -0.268 e. The number of nitrogens with zero attached hydrogens (tertiary/aromatic N) is 4. The highest BCUT2D eigenvalue weighted by Crippen LogP contribution is 2.26. The van der Waals surface area contributed by atoms with Gasteiger partial charge in [-0.15, -0.1) is 0 Å². The molecule has 0 aliphatic rings. The highest BCUT2D eigenvalue weighted by Gasteiger charge is 2.10. The van der Waals surface area contributed by atoms with E-state index in [0.29, 0.717) is 5.56 Å². The molecule has 2 heterocycles. The zero-order chi connectivity index (χ0) is 12.5. The molecule has 86 valence electrons. The van der Waals surface area contributed by atoms with Crippen LogP contribution in [0.25, 0.3) is 22.2 Å². The van der Waals surface area contributed by atoms with Crippen molar-refractivity contribution < 1.29 is 0 Å². The second kappa shape index (κ2) is 3.97. The summed E-state index contributed by atoms with van der Waals surface area (Å²) in [6.45, 7) is 0. The minimum absolute atomic E-state index is 0.616. The quantitative estimate of drug-likeness (QED) is 0.650. The van der Waals surface area contributed by atoms with E-state index in [1.54, 1.807) is 17.1 Å². The molecule has 4 heteroatoms. The van der Waals surface area contributed by atoms with Gasteiger partial charge in [-0.3, -0.25) is 9.67 Å². The second-order valence-corrected chi connectivity index (χ2v) is 4.05. The fraction of sp³-hybridized carbons (Fsp3) is 0.0714. The smallest absolute Gasteiger partial charge is 0.0999 e. The Hall–Kier alpha value is -2.67. The van der Waals surface area contributed by atoms with Crippen LogP contribution in [-0.2, 0) is 7.05 Å². The molecule has 0 aliphatic heterocycles. The first-order chi connectivity index (χ1) is 8.79. The number of hydrogen-bond acceptors (Lipinski definition) is 3. The predicted octanol–water partition coefficient (Wildman–Crippen LogP) is 2.51. The van der Waals surface area contributed by atoms with Crippen molar-refractivity contribution in [2.75, 3.05) is 0 Å². The molecule has 0 radical (unpaired) electrons. The van der Waals surface area contributed by atoms with Crippen molar-refractivity contribution in [1.82, 2.24) is 14.8 Å². The molecule has 1 aromatic carbocycles. The van der Waals surface area contributed by atoms with Gasteiger partial charge in [0.25, 0.3) is 0 Å². The lowest BCUT2D eigenvalue weighted by molar-refractivity contribution is 0.776. The summed E-state index contributed by atoms with van der Waals surface area (Å²) < 4.78 is 1.76. The monoisotopic (exact) mass is 234 g/mol. The van der Waals surface area contributed by atoms with Crippen molar-refractivity contribution in [3.63, 3.8) is 0 Å². The Morgan fingerprint density at radius 1 is 1.22 bits per heavy atom. The van der Waals surface area contributed by atoms with Crippen molar-refractivity contribution in [1.29, 1.82) is 5.26 Å². The molecule has 0 amide bonds. The van der Waals surface area contributed by atoms with Crippen molar-refractivity contribution in [3.05, 3.63) is 48.3 Å². The highest BCUT2D eigenvalue weighted by atomic mass is 15.3. The Morgan fingerprint density at radius 2 is 2.11 bits per heavy atom. The molecule has 3 aromatic rings. The SMILES string of the molecule is Cn1nccc1-c1cc2cccnc2cc1C#N. The Morgan fingerprint density at radius 3 is 2.83 bits per heavy atom. The lowest BCUT2D eigenvalue weighted by atomic mass is 10.0. The Balaban J connectivity index is 2.35. The van der Waals surface area contributed by atoms with Crippen LogP contribution in [0.1, 0.15) is 5.56 Å². The molecule has 0 fully saturated rings. The predicted molar refractivity (Wildman–Crippen MR) is 68.7 cm³/mol. The molecule has 18 heavy (non-hydrogen) atoms. The van der Waals surface area contributed by atoms with Crippen LogP contribution in [0.3, 0.4) is 0 Å². The van der Waals surface area contributed by atoms with E-state index < -0.39 is 0 Å². The number of nitriles is 1. The van der Waals surface area contributed by atoms with Crippen LogP contribution in [0, 0.1) is 11.3 Å². The van der Waals surface area contributed by atoms with E-state index >= 15 is 0 Å². The molecular weight excluding hydrogens is 224 g/mol. The third kappa shape index (κ3) is 1.54. The summed E-state index contributed by atoms with van der Waals surface area (Å²) in [5.74, 6) is 0. The van der Waals surface area contributed by atoms with Gasteiger partial charge in [-0.05, 0) is 24.3 Å². The van der Waals surface area contributed by atoms with E-state index in [9.17, 15) is 5.26 Å². The van der Waals surface area contributed by atoms with Crippen LogP contribution in [0.15, 0.2) is 42.7 Å². The number of pyridine rings is 1. The van der Waals surface area contributed by atoms with Crippen molar-refractivity contribution >= 4 is 10.9 Å². The van der Waals surface area contributed by atoms with E-state index in [-0.39, 0.29) is 0 Å². The first-order valence-electron chi connectivity index (χ1n) is 5.57. The Kier molecular flexibility index (Phi) is 2.31. The van der Waals surface area contributed by atoms with Crippen LogP contribution in [0.5, 0.6) is 0 Å². The van der Waals surface area contributed by atoms with Crippen LogP contribution >= 0.6 is 0 Å². The number of hydrogen-bond donors (Lipinski definition) is 0. The molecule has 0 bridgehead atoms. The first-order valence-corrected chi connectivity index (χ1v) is 5.57. The summed E-state index contributed by atoms with van der Waals surface area (Å²) in [6, 6.07) is 11.8. The first kappa shape index (κ1) is 10.5. The van der Waals surface area contributed by atoms with Crippen LogP contribution in [0.4, 0.5) is 0 Å². The second-order valence-electron chi connectivity index (χ2n) is 4.05. The number of aromatic nitrogens is 3. The zero-order valence-corrected chi connectivity index (χ0v) is 9.83. The summed E-state index contributed by atoms with van der Waals surface area (Å²) in [5, 5.41) is 14.4. The molecule has 0 N–H and O–H groups in total. The van der Waals surface area contributed by atoms with E-state index in [1.807, 2.05) is 37.4 Å². The lowest BCUT2D eigenvalue weighted by Crippen LogP contribution is -1.95. The largest absolute Gasteiger partial charge is 0.268 e. The van der Waals surface area contributed by atoms with Gasteiger partial charge in [0.1, 0.15) is 0 Å². The number of fused-ring (bicyclic) bond motifs is 1. The van der Waals surface area contributed by atoms with Gasteiger partial charge < -0.3 is 0 Å². The van der Waals surface area contributed by atoms with Gasteiger partial charge in [-0.2, -0.15) is 10.4 Å². The molecule has 3 rings (SSSR count). The fourth-order valence-electron chi connectivity index (χ4n) is 2.06. The molecule has 0 saturated heterocycles. The summed E-state index contributed by atoms with van der Waals surface area (Å²) in [7, 11) is 1.87. The van der Waals surface area contributed by atoms with Crippen LogP contribution in [-0.4, -0.2) is 14.8 Å². The zero-order valence-electron chi connectivity index (χ0n) is 9.83. The third-order valence-electron chi connectivity index (χ3n) is 2.96. The Labute approximate surface area is 104 Å². The number of benzene rings is 1. The van der Waals surface area contributed by atoms with Gasteiger partial charge in [0.2, 0.25) is 0 Å². The van der Waals surface area contributed by atoms with Gasteiger partial charge in [0.15, 0.2) is 0 Å². The summed E-state index contributed by atoms with van der Waals surface area (Å²) in [4.78, 5) is 4.26. The maximum atomic E-state index is 9.26. The van der Waals surface area contributed by atoms with E-state index in [4.69, 9.17) is 0 Å². The molecule has 2 aromatic heterocycles. The molecule has 4 nitrogen and oxygen atoms in total. The topological polar surface area (TPSA) is 54.5 Å².